The fourth-order valence-electron chi connectivity index (χ4n) is 3.34. The molecule has 0 unspecified atom stereocenters. The van der Waals surface area contributed by atoms with Gasteiger partial charge in [0.25, 0.3) is 5.56 Å². The number of halogens is 6. The molecule has 9 nitrogen and oxygen atoms in total. The highest BCUT2D eigenvalue weighted by Gasteiger charge is 2.38. The van der Waals surface area contributed by atoms with Crippen molar-refractivity contribution in [1.29, 1.82) is 0 Å². The third-order valence-electron chi connectivity index (χ3n) is 5.13. The summed E-state index contributed by atoms with van der Waals surface area (Å²) in [5, 5.41) is 5.08. The van der Waals surface area contributed by atoms with Crippen LogP contribution in [0.4, 0.5) is 32.3 Å². The van der Waals surface area contributed by atoms with E-state index in [1.807, 2.05) is 0 Å². The Hall–Kier alpha value is -3.04. The van der Waals surface area contributed by atoms with Crippen molar-refractivity contribution >= 4 is 23.6 Å². The van der Waals surface area contributed by atoms with Crippen molar-refractivity contribution in [3.05, 3.63) is 40.1 Å². The van der Waals surface area contributed by atoms with Crippen molar-refractivity contribution in [3.8, 4) is 5.75 Å². The molecule has 0 aliphatic carbocycles. The topological polar surface area (TPSA) is 104 Å². The van der Waals surface area contributed by atoms with Gasteiger partial charge in [0.1, 0.15) is 6.10 Å². The van der Waals surface area contributed by atoms with Crippen LogP contribution in [0.3, 0.4) is 0 Å². The number of hydrogen-bond donors (Lipinski definition) is 1. The number of amides is 1. The number of rotatable bonds is 8. The summed E-state index contributed by atoms with van der Waals surface area (Å²) in [6, 6.07) is 0. The van der Waals surface area contributed by atoms with Crippen molar-refractivity contribution in [2.45, 2.75) is 31.8 Å². The first-order valence-corrected chi connectivity index (χ1v) is 11.8. The molecule has 16 heteroatoms. The minimum absolute atomic E-state index is 0.123. The van der Waals surface area contributed by atoms with E-state index in [0.717, 1.165) is 18.6 Å². The largest absolute Gasteiger partial charge is 0.487 e. The average molecular weight is 540 g/mol. The Morgan fingerprint density at radius 2 is 1.72 bits per heavy atom. The summed E-state index contributed by atoms with van der Waals surface area (Å²) in [6.45, 7) is 2.97. The van der Waals surface area contributed by atoms with Crippen molar-refractivity contribution < 1.29 is 35.9 Å². The van der Waals surface area contributed by atoms with E-state index in [4.69, 9.17) is 4.74 Å². The maximum absolute atomic E-state index is 13.1. The fourth-order valence-corrected chi connectivity index (χ4v) is 4.23. The van der Waals surface area contributed by atoms with Crippen LogP contribution in [-0.2, 0) is 17.1 Å². The molecule has 2 aromatic rings. The molecule has 1 atom stereocenters. The van der Waals surface area contributed by atoms with Crippen LogP contribution in [0.2, 0.25) is 0 Å². The number of piperazine rings is 1. The number of thioether (sulfide) groups is 1. The van der Waals surface area contributed by atoms with E-state index >= 15 is 0 Å². The Morgan fingerprint density at radius 1 is 1.08 bits per heavy atom. The molecule has 0 saturated carbocycles. The molecule has 3 rings (SSSR count). The van der Waals surface area contributed by atoms with Crippen molar-refractivity contribution in [1.82, 2.24) is 25.1 Å². The molecule has 1 saturated heterocycles. The number of carbonyl (C=O) groups is 1. The third-order valence-corrected chi connectivity index (χ3v) is 6.32. The smallest absolute Gasteiger partial charge is 0.425 e. The van der Waals surface area contributed by atoms with Gasteiger partial charge in [0.15, 0.2) is 11.3 Å². The maximum atomic E-state index is 13.1. The molecule has 1 N–H and O–H groups in total. The molecule has 2 aromatic heterocycles. The number of nitrogens with one attached hydrogen (secondary N) is 1. The lowest BCUT2D eigenvalue weighted by Crippen LogP contribution is -2.49. The number of aromatic amines is 1. The molecule has 36 heavy (non-hydrogen) atoms. The van der Waals surface area contributed by atoms with Gasteiger partial charge in [-0.15, -0.1) is 0 Å². The normalized spacial score (nSPS) is 15.6. The van der Waals surface area contributed by atoms with Gasteiger partial charge in [0, 0.05) is 56.5 Å². The Bertz CT molecular complexity index is 1090. The number of alkyl halides is 6. The van der Waals surface area contributed by atoms with Crippen LogP contribution in [0.15, 0.2) is 23.4 Å². The quantitative estimate of drug-likeness (QED) is 0.403. The minimum Gasteiger partial charge on any atom is -0.487 e. The summed E-state index contributed by atoms with van der Waals surface area (Å²) in [5.41, 5.74) is -3.78. The van der Waals surface area contributed by atoms with Crippen LogP contribution in [0, 0.1) is 0 Å². The number of aromatic nitrogens is 4. The first kappa shape index (κ1) is 27.5. The fraction of sp³-hybridized carbons (Fsp3) is 0.550. The zero-order valence-corrected chi connectivity index (χ0v) is 19.7. The average Bonchev–Trinajstić information content (AvgIpc) is 2.80. The highest BCUT2D eigenvalue weighted by atomic mass is 32.2. The zero-order valence-electron chi connectivity index (χ0n) is 18.9. The second-order valence-electron chi connectivity index (χ2n) is 7.83. The van der Waals surface area contributed by atoms with E-state index in [9.17, 15) is 35.9 Å². The van der Waals surface area contributed by atoms with Crippen LogP contribution in [-0.4, -0.2) is 74.8 Å². The molecule has 3 heterocycles. The van der Waals surface area contributed by atoms with E-state index in [2.05, 4.69) is 15.1 Å². The van der Waals surface area contributed by atoms with E-state index in [0.29, 0.717) is 31.9 Å². The van der Waals surface area contributed by atoms with Crippen LogP contribution in [0.1, 0.15) is 24.5 Å². The lowest BCUT2D eigenvalue weighted by Gasteiger charge is -2.34. The SMILES string of the molecule is C[C@@H](CSCCC(=O)N1CCN(c2ncc(C(F)(F)F)cn2)CC1)Oc1cn[nH]c(=O)c1C(F)(F)F. The Morgan fingerprint density at radius 3 is 2.31 bits per heavy atom. The third kappa shape index (κ3) is 7.24. The predicted molar refractivity (Wildman–Crippen MR) is 118 cm³/mol. The predicted octanol–water partition coefficient (Wildman–Crippen LogP) is 2.84. The number of ether oxygens (including phenoxy) is 1. The minimum atomic E-state index is -4.90. The number of nitrogens with zero attached hydrogens (tertiary/aromatic N) is 5. The van der Waals surface area contributed by atoms with Gasteiger partial charge in [0.2, 0.25) is 11.9 Å². The van der Waals surface area contributed by atoms with Gasteiger partial charge >= 0.3 is 12.4 Å². The molecule has 1 aliphatic rings. The molecule has 1 amide bonds. The van der Waals surface area contributed by atoms with E-state index < -0.39 is 40.9 Å². The lowest BCUT2D eigenvalue weighted by molar-refractivity contribution is -0.140. The second kappa shape index (κ2) is 11.3. The molecule has 1 fully saturated rings. The summed E-state index contributed by atoms with van der Waals surface area (Å²) in [5.74, 6) is 0.0433. The first-order valence-electron chi connectivity index (χ1n) is 10.7. The highest BCUT2D eigenvalue weighted by Crippen LogP contribution is 2.33. The van der Waals surface area contributed by atoms with Crippen molar-refractivity contribution in [2.75, 3.05) is 42.6 Å². The van der Waals surface area contributed by atoms with Crippen molar-refractivity contribution in [2.24, 2.45) is 0 Å². The Labute approximate surface area is 205 Å². The summed E-state index contributed by atoms with van der Waals surface area (Å²) >= 11 is 1.31. The summed E-state index contributed by atoms with van der Waals surface area (Å²) in [4.78, 5) is 34.8. The summed E-state index contributed by atoms with van der Waals surface area (Å²) < 4.78 is 82.4. The van der Waals surface area contributed by atoms with E-state index in [-0.39, 0.29) is 24.0 Å². The molecule has 1 aliphatic heterocycles. The monoisotopic (exact) mass is 540 g/mol. The number of H-pyrrole nitrogens is 1. The molecular formula is C20H22F6N6O3S. The number of hydrogen-bond acceptors (Lipinski definition) is 8. The van der Waals surface area contributed by atoms with Crippen molar-refractivity contribution in [3.63, 3.8) is 0 Å². The van der Waals surface area contributed by atoms with E-state index in [1.54, 1.807) is 21.8 Å². The maximum Gasteiger partial charge on any atom is 0.425 e. The number of anilines is 1. The standard InChI is InChI=1S/C20H22F6N6O3S/c1-12(35-14-10-29-30-17(34)16(14)20(24,25)26)11-36-7-2-15(33)31-3-5-32(6-4-31)18-27-8-13(9-28-18)19(21,22)23/h8-10,12H,2-7,11H2,1H3,(H,30,34)/t12-/m0/s1. The second-order valence-corrected chi connectivity index (χ2v) is 8.98. The van der Waals surface area contributed by atoms with Gasteiger partial charge < -0.3 is 14.5 Å². The van der Waals surface area contributed by atoms with E-state index in [1.165, 1.54) is 11.8 Å². The Balaban J connectivity index is 1.40. The molecule has 0 radical (unpaired) electrons. The number of carbonyl (C=O) groups excluding carboxylic acids is 1. The zero-order chi connectivity index (χ0) is 26.5. The van der Waals surface area contributed by atoms with Gasteiger partial charge in [0.05, 0.1) is 11.8 Å². The van der Waals surface area contributed by atoms with Gasteiger partial charge in [-0.1, -0.05) is 0 Å². The molecule has 0 bridgehead atoms. The molecular weight excluding hydrogens is 518 g/mol. The molecule has 0 spiro atoms. The highest BCUT2D eigenvalue weighted by molar-refractivity contribution is 7.99. The summed E-state index contributed by atoms with van der Waals surface area (Å²) in [7, 11) is 0. The van der Waals surface area contributed by atoms with Crippen LogP contribution >= 0.6 is 11.8 Å². The van der Waals surface area contributed by atoms with Crippen LogP contribution in [0.25, 0.3) is 0 Å². The molecule has 198 valence electrons. The Kier molecular flexibility index (Phi) is 8.68. The van der Waals surface area contributed by atoms with Crippen LogP contribution in [0.5, 0.6) is 5.75 Å². The lowest BCUT2D eigenvalue weighted by atomic mass is 10.2. The van der Waals surface area contributed by atoms with Gasteiger partial charge in [-0.3, -0.25) is 9.59 Å². The van der Waals surface area contributed by atoms with Gasteiger partial charge in [-0.05, 0) is 6.92 Å². The van der Waals surface area contributed by atoms with Gasteiger partial charge in [-0.25, -0.2) is 15.1 Å². The van der Waals surface area contributed by atoms with Gasteiger partial charge in [-0.2, -0.15) is 43.2 Å². The van der Waals surface area contributed by atoms with Crippen LogP contribution < -0.4 is 15.2 Å². The first-order chi connectivity index (χ1) is 16.9. The summed E-state index contributed by atoms with van der Waals surface area (Å²) in [6.07, 6.45) is -7.67. The molecule has 0 aromatic carbocycles.